The molecule has 0 aliphatic carbocycles. The van der Waals surface area contributed by atoms with E-state index < -0.39 is 5.82 Å². The molecule has 2 rings (SSSR count). The molecule has 0 fully saturated rings. The Balaban J connectivity index is 2.34. The molecule has 106 valence electrons. The van der Waals surface area contributed by atoms with Crippen LogP contribution in [-0.4, -0.2) is 0 Å². The van der Waals surface area contributed by atoms with Crippen molar-refractivity contribution in [3.05, 3.63) is 67.9 Å². The van der Waals surface area contributed by atoms with Crippen LogP contribution in [0.1, 0.15) is 17.2 Å². The van der Waals surface area contributed by atoms with Gasteiger partial charge in [0.1, 0.15) is 5.82 Å². The lowest BCUT2D eigenvalue weighted by Gasteiger charge is -2.19. The first-order valence-corrected chi connectivity index (χ1v) is 7.42. The highest BCUT2D eigenvalue weighted by Crippen LogP contribution is 2.32. The fourth-order valence-corrected chi connectivity index (χ4v) is 2.82. The van der Waals surface area contributed by atoms with Crippen LogP contribution < -0.4 is 11.3 Å². The zero-order valence-electron chi connectivity index (χ0n) is 10.3. The second kappa shape index (κ2) is 6.87. The summed E-state index contributed by atoms with van der Waals surface area (Å²) in [5.41, 5.74) is 4.19. The van der Waals surface area contributed by atoms with E-state index in [9.17, 15) is 4.39 Å². The van der Waals surface area contributed by atoms with Gasteiger partial charge in [0.05, 0.1) is 16.1 Å². The number of hydrogen-bond donors (Lipinski definition) is 2. The molecular formula is C14H12BrCl2FN2. The van der Waals surface area contributed by atoms with Crippen molar-refractivity contribution < 1.29 is 4.39 Å². The van der Waals surface area contributed by atoms with Crippen LogP contribution in [-0.2, 0) is 6.42 Å². The lowest BCUT2D eigenvalue weighted by atomic mass is 9.99. The quantitative estimate of drug-likeness (QED) is 0.601. The van der Waals surface area contributed by atoms with Gasteiger partial charge in [-0.15, -0.1) is 0 Å². The molecule has 0 aliphatic heterocycles. The van der Waals surface area contributed by atoms with Crippen molar-refractivity contribution in [3.63, 3.8) is 0 Å². The first kappa shape index (κ1) is 15.7. The maximum absolute atomic E-state index is 13.5. The summed E-state index contributed by atoms with van der Waals surface area (Å²) in [6, 6.07) is 10.0. The molecule has 0 spiro atoms. The minimum absolute atomic E-state index is 0.110. The fourth-order valence-electron chi connectivity index (χ4n) is 1.97. The normalized spacial score (nSPS) is 12.4. The molecule has 1 atom stereocenters. The van der Waals surface area contributed by atoms with Crippen LogP contribution in [0.3, 0.4) is 0 Å². The number of nitrogens with two attached hydrogens (primary N) is 1. The van der Waals surface area contributed by atoms with Gasteiger partial charge >= 0.3 is 0 Å². The van der Waals surface area contributed by atoms with E-state index in [4.69, 9.17) is 29.0 Å². The van der Waals surface area contributed by atoms with Crippen LogP contribution in [0.5, 0.6) is 0 Å². The molecule has 3 N–H and O–H groups in total. The van der Waals surface area contributed by atoms with Gasteiger partial charge in [0, 0.05) is 4.47 Å². The predicted molar refractivity (Wildman–Crippen MR) is 84.3 cm³/mol. The van der Waals surface area contributed by atoms with Crippen LogP contribution in [0.4, 0.5) is 4.39 Å². The van der Waals surface area contributed by atoms with Crippen molar-refractivity contribution in [1.82, 2.24) is 5.43 Å². The van der Waals surface area contributed by atoms with Gasteiger partial charge in [0.2, 0.25) is 0 Å². The Morgan fingerprint density at radius 3 is 2.55 bits per heavy atom. The highest BCUT2D eigenvalue weighted by Gasteiger charge is 2.17. The fraction of sp³-hybridized carbons (Fsp3) is 0.143. The standard InChI is InChI=1S/C14H12BrCl2FN2/c15-10-5-2-4-9(14(10)17)12(20-19)7-8-3-1-6-11(18)13(8)16/h1-6,12,20H,7,19H2. The van der Waals surface area contributed by atoms with Gasteiger partial charge in [-0.3, -0.25) is 11.3 Å². The van der Waals surface area contributed by atoms with E-state index in [1.807, 2.05) is 18.2 Å². The van der Waals surface area contributed by atoms with Crippen molar-refractivity contribution in [2.45, 2.75) is 12.5 Å². The van der Waals surface area contributed by atoms with Crippen LogP contribution in [0.25, 0.3) is 0 Å². The Morgan fingerprint density at radius 1 is 1.15 bits per heavy atom. The summed E-state index contributed by atoms with van der Waals surface area (Å²) in [6.45, 7) is 0. The highest BCUT2D eigenvalue weighted by molar-refractivity contribution is 9.10. The number of nitrogens with one attached hydrogen (secondary N) is 1. The lowest BCUT2D eigenvalue weighted by molar-refractivity contribution is 0.548. The summed E-state index contributed by atoms with van der Waals surface area (Å²) in [4.78, 5) is 0. The van der Waals surface area contributed by atoms with Gasteiger partial charge in [-0.25, -0.2) is 4.39 Å². The topological polar surface area (TPSA) is 38.0 Å². The highest BCUT2D eigenvalue weighted by atomic mass is 79.9. The van der Waals surface area contributed by atoms with E-state index in [-0.39, 0.29) is 11.1 Å². The summed E-state index contributed by atoms with van der Waals surface area (Å²) in [5, 5.41) is 0.682. The Kier molecular flexibility index (Phi) is 5.41. The van der Waals surface area contributed by atoms with E-state index in [0.29, 0.717) is 17.0 Å². The number of halogens is 4. The van der Waals surface area contributed by atoms with Crippen LogP contribution in [0.15, 0.2) is 40.9 Å². The van der Waals surface area contributed by atoms with Crippen molar-refractivity contribution in [2.24, 2.45) is 5.84 Å². The smallest absolute Gasteiger partial charge is 0.142 e. The monoisotopic (exact) mass is 376 g/mol. The molecule has 1 unspecified atom stereocenters. The predicted octanol–water partition coefficient (Wildman–Crippen LogP) is 4.64. The van der Waals surface area contributed by atoms with E-state index in [1.54, 1.807) is 12.1 Å². The minimum atomic E-state index is -0.444. The summed E-state index contributed by atoms with van der Waals surface area (Å²) < 4.78 is 14.2. The minimum Gasteiger partial charge on any atom is -0.271 e. The van der Waals surface area contributed by atoms with Gasteiger partial charge in [-0.1, -0.05) is 47.5 Å². The molecule has 0 bridgehead atoms. The first-order valence-electron chi connectivity index (χ1n) is 5.87. The third kappa shape index (κ3) is 3.32. The van der Waals surface area contributed by atoms with E-state index in [0.717, 1.165) is 10.0 Å². The molecular weight excluding hydrogens is 366 g/mol. The molecule has 0 aliphatic rings. The third-order valence-electron chi connectivity index (χ3n) is 3.01. The Bertz CT molecular complexity index is 622. The third-order valence-corrected chi connectivity index (χ3v) is 4.75. The lowest BCUT2D eigenvalue weighted by Crippen LogP contribution is -2.30. The van der Waals surface area contributed by atoms with Crippen molar-refractivity contribution in [3.8, 4) is 0 Å². The van der Waals surface area contributed by atoms with E-state index in [1.165, 1.54) is 6.07 Å². The Morgan fingerprint density at radius 2 is 1.85 bits per heavy atom. The summed E-state index contributed by atoms with van der Waals surface area (Å²) in [7, 11) is 0. The van der Waals surface area contributed by atoms with Crippen LogP contribution in [0.2, 0.25) is 10.0 Å². The van der Waals surface area contributed by atoms with E-state index in [2.05, 4.69) is 21.4 Å². The van der Waals surface area contributed by atoms with Crippen molar-refractivity contribution in [2.75, 3.05) is 0 Å². The van der Waals surface area contributed by atoms with Crippen LogP contribution in [0, 0.1) is 5.82 Å². The molecule has 0 amide bonds. The maximum Gasteiger partial charge on any atom is 0.142 e. The number of hydrogen-bond acceptors (Lipinski definition) is 2. The second-order valence-corrected chi connectivity index (χ2v) is 5.89. The summed E-state index contributed by atoms with van der Waals surface area (Å²) in [6.07, 6.45) is 0.434. The number of benzene rings is 2. The molecule has 0 radical (unpaired) electrons. The largest absolute Gasteiger partial charge is 0.271 e. The van der Waals surface area contributed by atoms with Crippen molar-refractivity contribution >= 4 is 39.1 Å². The summed E-state index contributed by atoms with van der Waals surface area (Å²) >= 11 is 15.6. The first-order chi connectivity index (χ1) is 9.54. The Labute approximate surface area is 135 Å². The van der Waals surface area contributed by atoms with Crippen LogP contribution >= 0.6 is 39.1 Å². The number of rotatable bonds is 4. The molecule has 0 heterocycles. The molecule has 0 aromatic heterocycles. The molecule has 20 heavy (non-hydrogen) atoms. The molecule has 2 aromatic carbocycles. The summed E-state index contributed by atoms with van der Waals surface area (Å²) in [5.74, 6) is 5.15. The van der Waals surface area contributed by atoms with E-state index >= 15 is 0 Å². The zero-order valence-corrected chi connectivity index (χ0v) is 13.4. The Hall–Kier alpha value is -0.650. The molecule has 6 heteroatoms. The van der Waals surface area contributed by atoms with Gasteiger partial charge in [0.25, 0.3) is 0 Å². The average molecular weight is 378 g/mol. The van der Waals surface area contributed by atoms with Gasteiger partial charge < -0.3 is 0 Å². The van der Waals surface area contributed by atoms with Gasteiger partial charge in [-0.2, -0.15) is 0 Å². The average Bonchev–Trinajstić information content (AvgIpc) is 2.44. The molecule has 2 aromatic rings. The zero-order chi connectivity index (χ0) is 14.7. The van der Waals surface area contributed by atoms with Gasteiger partial charge in [-0.05, 0) is 45.6 Å². The second-order valence-electron chi connectivity index (χ2n) is 4.28. The molecule has 2 nitrogen and oxygen atoms in total. The molecule has 0 saturated heterocycles. The van der Waals surface area contributed by atoms with Crippen molar-refractivity contribution in [1.29, 1.82) is 0 Å². The molecule has 0 saturated carbocycles. The van der Waals surface area contributed by atoms with Gasteiger partial charge in [0.15, 0.2) is 0 Å². The SMILES string of the molecule is NNC(Cc1cccc(F)c1Cl)c1cccc(Br)c1Cl. The number of hydrazine groups is 1. The maximum atomic E-state index is 13.5.